The average molecular weight is 195 g/mol. The van der Waals surface area contributed by atoms with Crippen LogP contribution in [0.2, 0.25) is 5.02 Å². The lowest BCUT2D eigenvalue weighted by Crippen LogP contribution is -1.93. The largest absolute Gasteiger partial charge is 0.340 e. The van der Waals surface area contributed by atoms with Crippen LogP contribution in [-0.4, -0.2) is 15.8 Å². The number of nitrogens with zero attached hydrogens (tertiary/aromatic N) is 2. The van der Waals surface area contributed by atoms with Gasteiger partial charge in [-0.1, -0.05) is 11.6 Å². The summed E-state index contributed by atoms with van der Waals surface area (Å²) in [6, 6.07) is 1.83. The molecule has 0 atom stereocenters. The van der Waals surface area contributed by atoms with Crippen LogP contribution in [0.4, 0.5) is 0 Å². The monoisotopic (exact) mass is 194 g/mol. The molecule has 4 heteroatoms. The van der Waals surface area contributed by atoms with Crippen molar-refractivity contribution in [3.05, 3.63) is 29.2 Å². The molecule has 0 amide bonds. The van der Waals surface area contributed by atoms with Gasteiger partial charge >= 0.3 is 0 Å². The van der Waals surface area contributed by atoms with Gasteiger partial charge in [0.25, 0.3) is 0 Å². The summed E-state index contributed by atoms with van der Waals surface area (Å²) in [7, 11) is 1.80. The second-order valence-corrected chi connectivity index (χ2v) is 3.15. The second kappa shape index (κ2) is 2.85. The Morgan fingerprint density at radius 2 is 2.38 bits per heavy atom. The first-order valence-electron chi connectivity index (χ1n) is 3.78. The summed E-state index contributed by atoms with van der Waals surface area (Å²) in [5.74, 6) is 0. The number of aldehydes is 1. The van der Waals surface area contributed by atoms with Crippen molar-refractivity contribution in [2.24, 2.45) is 7.05 Å². The number of halogens is 1. The van der Waals surface area contributed by atoms with Crippen molar-refractivity contribution in [3.8, 4) is 0 Å². The van der Waals surface area contributed by atoms with Crippen LogP contribution in [0.25, 0.3) is 10.9 Å². The van der Waals surface area contributed by atoms with Gasteiger partial charge in [-0.05, 0) is 6.07 Å². The van der Waals surface area contributed by atoms with E-state index in [1.807, 2.05) is 6.07 Å². The molecule has 0 saturated heterocycles. The number of hydrogen-bond donors (Lipinski definition) is 0. The Morgan fingerprint density at radius 1 is 1.62 bits per heavy atom. The van der Waals surface area contributed by atoms with Crippen LogP contribution < -0.4 is 0 Å². The molecule has 0 spiro atoms. The minimum atomic E-state index is 0.473. The second-order valence-electron chi connectivity index (χ2n) is 2.77. The zero-order chi connectivity index (χ0) is 9.42. The fourth-order valence-corrected chi connectivity index (χ4v) is 1.71. The molecule has 0 radical (unpaired) electrons. The number of aromatic nitrogens is 2. The SMILES string of the molecule is Cn1c(C=O)c(Cl)c2cnccc21. The highest BCUT2D eigenvalue weighted by Crippen LogP contribution is 2.27. The summed E-state index contributed by atoms with van der Waals surface area (Å²) in [5, 5.41) is 1.29. The normalized spacial score (nSPS) is 10.6. The standard InChI is InChI=1S/C9H7ClN2O/c1-12-7-2-3-11-4-6(7)9(10)8(12)5-13/h2-5H,1H3. The van der Waals surface area contributed by atoms with E-state index in [1.54, 1.807) is 24.0 Å². The lowest BCUT2D eigenvalue weighted by molar-refractivity contribution is 0.111. The molecule has 0 bridgehead atoms. The van der Waals surface area contributed by atoms with Gasteiger partial charge in [0.15, 0.2) is 6.29 Å². The predicted molar refractivity (Wildman–Crippen MR) is 51.1 cm³/mol. The van der Waals surface area contributed by atoms with Crippen molar-refractivity contribution in [2.75, 3.05) is 0 Å². The number of rotatable bonds is 1. The van der Waals surface area contributed by atoms with Gasteiger partial charge in [-0.3, -0.25) is 9.78 Å². The van der Waals surface area contributed by atoms with Crippen LogP contribution in [0.5, 0.6) is 0 Å². The van der Waals surface area contributed by atoms with Crippen LogP contribution in [0.15, 0.2) is 18.5 Å². The summed E-state index contributed by atoms with van der Waals surface area (Å²) >= 11 is 5.97. The molecular formula is C9H7ClN2O. The molecule has 2 aromatic rings. The molecule has 2 heterocycles. The maximum Gasteiger partial charge on any atom is 0.168 e. The van der Waals surface area contributed by atoms with Gasteiger partial charge in [-0.2, -0.15) is 0 Å². The predicted octanol–water partition coefficient (Wildman–Crippen LogP) is 2.04. The van der Waals surface area contributed by atoms with Crippen LogP contribution >= 0.6 is 11.6 Å². The summed E-state index contributed by atoms with van der Waals surface area (Å²) in [5.41, 5.74) is 1.41. The van der Waals surface area contributed by atoms with E-state index in [2.05, 4.69) is 4.98 Å². The summed E-state index contributed by atoms with van der Waals surface area (Å²) < 4.78 is 1.76. The summed E-state index contributed by atoms with van der Waals surface area (Å²) in [6.07, 6.45) is 4.08. The van der Waals surface area contributed by atoms with Crippen LogP contribution in [0, 0.1) is 0 Å². The van der Waals surface area contributed by atoms with Gasteiger partial charge in [0.05, 0.1) is 10.5 Å². The first kappa shape index (κ1) is 8.26. The van der Waals surface area contributed by atoms with Crippen molar-refractivity contribution >= 4 is 28.8 Å². The van der Waals surface area contributed by atoms with E-state index in [-0.39, 0.29) is 0 Å². The molecule has 0 aliphatic heterocycles. The molecule has 0 aromatic carbocycles. The Morgan fingerprint density at radius 3 is 3.00 bits per heavy atom. The number of pyridine rings is 1. The zero-order valence-electron chi connectivity index (χ0n) is 6.99. The molecule has 0 aliphatic rings. The number of carbonyl (C=O) groups is 1. The van der Waals surface area contributed by atoms with E-state index in [0.717, 1.165) is 17.2 Å². The van der Waals surface area contributed by atoms with Crippen molar-refractivity contribution in [3.63, 3.8) is 0 Å². The molecule has 13 heavy (non-hydrogen) atoms. The third-order valence-electron chi connectivity index (χ3n) is 2.09. The number of fused-ring (bicyclic) bond motifs is 1. The van der Waals surface area contributed by atoms with E-state index >= 15 is 0 Å². The minimum Gasteiger partial charge on any atom is -0.340 e. The highest BCUT2D eigenvalue weighted by atomic mass is 35.5. The Bertz CT molecular complexity index is 437. The first-order chi connectivity index (χ1) is 6.25. The third kappa shape index (κ3) is 1.04. The van der Waals surface area contributed by atoms with Crippen molar-refractivity contribution in [2.45, 2.75) is 0 Å². The molecule has 0 N–H and O–H groups in total. The van der Waals surface area contributed by atoms with Crippen molar-refractivity contribution in [1.29, 1.82) is 0 Å². The van der Waals surface area contributed by atoms with Gasteiger partial charge < -0.3 is 4.57 Å². The molecule has 2 aromatic heterocycles. The number of hydrogen-bond acceptors (Lipinski definition) is 2. The van der Waals surface area contributed by atoms with Crippen LogP contribution in [-0.2, 0) is 7.05 Å². The molecule has 3 nitrogen and oxygen atoms in total. The maximum absolute atomic E-state index is 10.7. The Hall–Kier alpha value is -1.35. The lowest BCUT2D eigenvalue weighted by atomic mass is 10.3. The van der Waals surface area contributed by atoms with Crippen molar-refractivity contribution in [1.82, 2.24) is 9.55 Å². The number of aryl methyl sites for hydroxylation is 1. The van der Waals surface area contributed by atoms with E-state index in [9.17, 15) is 4.79 Å². The fraction of sp³-hybridized carbons (Fsp3) is 0.111. The van der Waals surface area contributed by atoms with Gasteiger partial charge in [-0.25, -0.2) is 0 Å². The quantitative estimate of drug-likeness (QED) is 0.652. The summed E-state index contributed by atoms with van der Waals surface area (Å²) in [6.45, 7) is 0. The Labute approximate surface area is 79.9 Å². The van der Waals surface area contributed by atoms with E-state index in [1.165, 1.54) is 0 Å². The average Bonchev–Trinajstić information content (AvgIpc) is 2.41. The van der Waals surface area contributed by atoms with E-state index in [4.69, 9.17) is 11.6 Å². The van der Waals surface area contributed by atoms with Gasteiger partial charge in [0.2, 0.25) is 0 Å². The molecule has 0 fully saturated rings. The fourth-order valence-electron chi connectivity index (χ4n) is 1.39. The molecular weight excluding hydrogens is 188 g/mol. The van der Waals surface area contributed by atoms with Crippen LogP contribution in [0.3, 0.4) is 0 Å². The maximum atomic E-state index is 10.7. The third-order valence-corrected chi connectivity index (χ3v) is 2.49. The minimum absolute atomic E-state index is 0.473. The topological polar surface area (TPSA) is 34.9 Å². The first-order valence-corrected chi connectivity index (χ1v) is 4.16. The zero-order valence-corrected chi connectivity index (χ0v) is 7.75. The molecule has 0 aliphatic carbocycles. The highest BCUT2D eigenvalue weighted by Gasteiger charge is 2.11. The molecule has 66 valence electrons. The Balaban J connectivity index is 2.96. The van der Waals surface area contributed by atoms with Gasteiger partial charge in [0, 0.05) is 24.8 Å². The van der Waals surface area contributed by atoms with Gasteiger partial charge in [-0.15, -0.1) is 0 Å². The molecule has 2 rings (SSSR count). The number of carbonyl (C=O) groups excluding carboxylic acids is 1. The highest BCUT2D eigenvalue weighted by molar-refractivity contribution is 6.38. The molecule has 0 saturated carbocycles. The summed E-state index contributed by atoms with van der Waals surface area (Å²) in [4.78, 5) is 14.6. The van der Waals surface area contributed by atoms with E-state index in [0.29, 0.717) is 10.7 Å². The van der Waals surface area contributed by atoms with Gasteiger partial charge in [0.1, 0.15) is 5.69 Å². The van der Waals surface area contributed by atoms with Crippen molar-refractivity contribution < 1.29 is 4.79 Å². The van der Waals surface area contributed by atoms with Crippen LogP contribution in [0.1, 0.15) is 10.5 Å². The lowest BCUT2D eigenvalue weighted by Gasteiger charge is -1.95. The smallest absolute Gasteiger partial charge is 0.168 e. The van der Waals surface area contributed by atoms with E-state index < -0.39 is 0 Å². The Kier molecular flexibility index (Phi) is 1.81. The molecule has 0 unspecified atom stereocenters.